The Labute approximate surface area is 119 Å². The molecule has 94 valence electrons. The van der Waals surface area contributed by atoms with Gasteiger partial charge in [-0.3, -0.25) is 0 Å². The maximum absolute atomic E-state index is 6.57. The van der Waals surface area contributed by atoms with Crippen LogP contribution in [0.1, 0.15) is 24.1 Å². The number of nitrogens with zero attached hydrogens (tertiary/aromatic N) is 1. The molecule has 0 unspecified atom stereocenters. The molecule has 0 aliphatic heterocycles. The number of fused-ring (bicyclic) bond motifs is 2. The van der Waals surface area contributed by atoms with Crippen LogP contribution in [0.15, 0.2) is 16.6 Å². The molecule has 0 atom stereocenters. The molecule has 4 heteroatoms. The molecule has 0 fully saturated rings. The molecule has 2 aromatic rings. The van der Waals surface area contributed by atoms with E-state index in [4.69, 9.17) is 21.3 Å². The molecular weight excluding hydrogens is 314 g/mol. The molecule has 0 amide bonds. The highest BCUT2D eigenvalue weighted by atomic mass is 79.9. The van der Waals surface area contributed by atoms with Crippen molar-refractivity contribution in [2.75, 3.05) is 7.11 Å². The smallest absolute Gasteiger partial charge is 0.145 e. The number of hydrogen-bond acceptors (Lipinski definition) is 2. The Morgan fingerprint density at radius 2 is 2.06 bits per heavy atom. The largest absolute Gasteiger partial charge is 0.494 e. The van der Waals surface area contributed by atoms with Crippen LogP contribution in [0.25, 0.3) is 10.9 Å². The maximum Gasteiger partial charge on any atom is 0.145 e. The molecule has 1 heterocycles. The van der Waals surface area contributed by atoms with Crippen LogP contribution in [-0.2, 0) is 12.8 Å². The predicted octanol–water partition coefficient (Wildman–Crippen LogP) is 4.54. The minimum Gasteiger partial charge on any atom is -0.494 e. The summed E-state index contributed by atoms with van der Waals surface area (Å²) in [5.41, 5.74) is 3.21. The number of benzene rings is 1. The minimum absolute atomic E-state index is 0.781. The zero-order valence-corrected chi connectivity index (χ0v) is 12.4. The Morgan fingerprint density at radius 1 is 1.28 bits per heavy atom. The first-order chi connectivity index (χ1) is 8.72. The van der Waals surface area contributed by atoms with Crippen molar-refractivity contribution < 1.29 is 4.74 Å². The summed E-state index contributed by atoms with van der Waals surface area (Å²) in [5, 5.41) is 1.80. The van der Waals surface area contributed by atoms with Gasteiger partial charge >= 0.3 is 0 Å². The average molecular weight is 327 g/mol. The molecule has 1 aliphatic rings. The number of aryl methyl sites for hydroxylation is 1. The summed E-state index contributed by atoms with van der Waals surface area (Å²) in [7, 11) is 1.66. The molecule has 18 heavy (non-hydrogen) atoms. The Hall–Kier alpha value is -0.800. The van der Waals surface area contributed by atoms with Gasteiger partial charge in [-0.15, -0.1) is 0 Å². The van der Waals surface area contributed by atoms with Gasteiger partial charge in [-0.2, -0.15) is 0 Å². The van der Waals surface area contributed by atoms with Crippen LogP contribution in [0.3, 0.4) is 0 Å². The number of methoxy groups -OCH3 is 1. The minimum atomic E-state index is 0.781. The second-order valence-corrected chi connectivity index (χ2v) is 5.76. The molecule has 1 aromatic carbocycles. The molecule has 0 N–H and O–H groups in total. The highest BCUT2D eigenvalue weighted by molar-refractivity contribution is 9.10. The van der Waals surface area contributed by atoms with Crippen LogP contribution >= 0.6 is 27.5 Å². The Balaban J connectivity index is 2.41. The zero-order chi connectivity index (χ0) is 12.7. The molecule has 0 radical (unpaired) electrons. The van der Waals surface area contributed by atoms with Crippen LogP contribution in [0, 0.1) is 0 Å². The van der Waals surface area contributed by atoms with Gasteiger partial charge in [0.1, 0.15) is 11.3 Å². The summed E-state index contributed by atoms with van der Waals surface area (Å²) in [6.45, 7) is 0. The van der Waals surface area contributed by atoms with Crippen LogP contribution in [0.4, 0.5) is 0 Å². The summed E-state index contributed by atoms with van der Waals surface area (Å²) in [6.07, 6.45) is 4.43. The van der Waals surface area contributed by atoms with E-state index < -0.39 is 0 Å². The molecule has 0 bridgehead atoms. The van der Waals surface area contributed by atoms with Gasteiger partial charge < -0.3 is 4.74 Å². The zero-order valence-electron chi connectivity index (χ0n) is 10.1. The number of rotatable bonds is 1. The summed E-state index contributed by atoms with van der Waals surface area (Å²) < 4.78 is 6.36. The summed E-state index contributed by atoms with van der Waals surface area (Å²) in [5.74, 6) is 0.781. The summed E-state index contributed by atoms with van der Waals surface area (Å²) in [4.78, 5) is 4.77. The molecular formula is C14H13BrClNO. The van der Waals surface area contributed by atoms with Crippen molar-refractivity contribution in [1.82, 2.24) is 4.98 Å². The fraction of sp³-hybridized carbons (Fsp3) is 0.357. The van der Waals surface area contributed by atoms with Gasteiger partial charge in [0.15, 0.2) is 0 Å². The third kappa shape index (κ3) is 1.81. The van der Waals surface area contributed by atoms with Crippen molar-refractivity contribution in [1.29, 1.82) is 0 Å². The number of hydrogen-bond donors (Lipinski definition) is 0. The van der Waals surface area contributed by atoms with Gasteiger partial charge in [0, 0.05) is 15.6 Å². The molecule has 0 saturated carbocycles. The lowest BCUT2D eigenvalue weighted by Crippen LogP contribution is -2.07. The summed E-state index contributed by atoms with van der Waals surface area (Å²) >= 11 is 10.1. The van der Waals surface area contributed by atoms with Gasteiger partial charge in [-0.05, 0) is 43.4 Å². The van der Waals surface area contributed by atoms with E-state index in [9.17, 15) is 0 Å². The summed E-state index contributed by atoms with van der Waals surface area (Å²) in [6, 6.07) is 3.88. The van der Waals surface area contributed by atoms with Crippen molar-refractivity contribution in [3.8, 4) is 5.75 Å². The first-order valence-corrected chi connectivity index (χ1v) is 7.23. The van der Waals surface area contributed by atoms with Crippen LogP contribution in [0.5, 0.6) is 5.75 Å². The van der Waals surface area contributed by atoms with E-state index in [0.717, 1.165) is 44.7 Å². The number of aromatic nitrogens is 1. The lowest BCUT2D eigenvalue weighted by Gasteiger charge is -2.19. The van der Waals surface area contributed by atoms with E-state index in [1.54, 1.807) is 7.11 Å². The number of ether oxygens (including phenoxy) is 1. The molecule has 2 nitrogen and oxygen atoms in total. The van der Waals surface area contributed by atoms with Crippen molar-refractivity contribution in [3.63, 3.8) is 0 Å². The lowest BCUT2D eigenvalue weighted by molar-refractivity contribution is 0.418. The van der Waals surface area contributed by atoms with Crippen LogP contribution in [0.2, 0.25) is 5.02 Å². The van der Waals surface area contributed by atoms with Crippen molar-refractivity contribution in [3.05, 3.63) is 32.9 Å². The molecule has 1 aromatic heterocycles. The van der Waals surface area contributed by atoms with E-state index in [0.29, 0.717) is 0 Å². The normalized spacial score (nSPS) is 14.6. The van der Waals surface area contributed by atoms with Crippen LogP contribution in [-0.4, -0.2) is 12.1 Å². The molecule has 3 rings (SSSR count). The van der Waals surface area contributed by atoms with Crippen LogP contribution < -0.4 is 4.74 Å². The Kier molecular flexibility index (Phi) is 3.20. The van der Waals surface area contributed by atoms with Gasteiger partial charge in [-0.1, -0.05) is 27.5 Å². The molecule has 0 saturated heterocycles. The second kappa shape index (κ2) is 4.71. The quantitative estimate of drug-likeness (QED) is 0.767. The first kappa shape index (κ1) is 12.2. The van der Waals surface area contributed by atoms with Gasteiger partial charge in [-0.25, -0.2) is 4.98 Å². The van der Waals surface area contributed by atoms with E-state index in [1.165, 1.54) is 18.4 Å². The van der Waals surface area contributed by atoms with E-state index in [2.05, 4.69) is 15.9 Å². The number of pyridine rings is 1. The fourth-order valence-corrected chi connectivity index (χ4v) is 3.59. The van der Waals surface area contributed by atoms with E-state index in [-0.39, 0.29) is 0 Å². The van der Waals surface area contributed by atoms with Crippen molar-refractivity contribution in [2.24, 2.45) is 0 Å². The van der Waals surface area contributed by atoms with E-state index in [1.807, 2.05) is 12.1 Å². The predicted molar refractivity (Wildman–Crippen MR) is 77.6 cm³/mol. The van der Waals surface area contributed by atoms with Gasteiger partial charge in [0.25, 0.3) is 0 Å². The standard InChI is InChI=1S/C14H13BrClNO/c1-18-11-7-6-9(15)12-13(16)8-4-2-3-5-10(8)17-14(11)12/h6-7H,2-5H2,1H3. The van der Waals surface area contributed by atoms with Gasteiger partial charge in [0.2, 0.25) is 0 Å². The third-order valence-corrected chi connectivity index (χ3v) is 4.56. The Bertz CT molecular complexity index is 627. The monoisotopic (exact) mass is 325 g/mol. The van der Waals surface area contributed by atoms with E-state index >= 15 is 0 Å². The molecule has 1 aliphatic carbocycles. The van der Waals surface area contributed by atoms with Crippen molar-refractivity contribution >= 4 is 38.4 Å². The SMILES string of the molecule is COc1ccc(Br)c2c(Cl)c3c(nc12)CCCC3. The van der Waals surface area contributed by atoms with Gasteiger partial charge in [0.05, 0.1) is 12.1 Å². The lowest BCUT2D eigenvalue weighted by atomic mass is 9.94. The second-order valence-electron chi connectivity index (χ2n) is 4.53. The highest BCUT2D eigenvalue weighted by Gasteiger charge is 2.20. The fourth-order valence-electron chi connectivity index (χ4n) is 2.57. The maximum atomic E-state index is 6.57. The Morgan fingerprint density at radius 3 is 2.83 bits per heavy atom. The van der Waals surface area contributed by atoms with Crippen molar-refractivity contribution in [2.45, 2.75) is 25.7 Å². The number of halogens is 2. The first-order valence-electron chi connectivity index (χ1n) is 6.06. The topological polar surface area (TPSA) is 22.1 Å². The molecule has 0 spiro atoms. The highest BCUT2D eigenvalue weighted by Crippen LogP contribution is 2.39. The average Bonchev–Trinajstić information content (AvgIpc) is 2.39. The third-order valence-electron chi connectivity index (χ3n) is 3.48.